The van der Waals surface area contributed by atoms with E-state index in [1.165, 1.54) is 44.9 Å². The Morgan fingerprint density at radius 3 is 3.08 bits per heavy atom. The second kappa shape index (κ2) is 6.28. The van der Waals surface area contributed by atoms with Crippen LogP contribution < -0.4 is 0 Å². The number of unbranched alkanes of at least 4 members (excludes halogenated alkanes) is 1. The molecule has 0 aliphatic heterocycles. The van der Waals surface area contributed by atoms with Crippen molar-refractivity contribution < 1.29 is 0 Å². The molecule has 0 aromatic carbocycles. The first-order chi connectivity index (χ1) is 5.93. The van der Waals surface area contributed by atoms with Crippen LogP contribution in [-0.2, 0) is 0 Å². The van der Waals surface area contributed by atoms with Gasteiger partial charge < -0.3 is 0 Å². The molecule has 0 fully saturated rings. The summed E-state index contributed by atoms with van der Waals surface area (Å²) in [5.41, 5.74) is 0. The van der Waals surface area contributed by atoms with Crippen LogP contribution in [-0.4, -0.2) is 0 Å². The van der Waals surface area contributed by atoms with Gasteiger partial charge in [0.1, 0.15) is 0 Å². The van der Waals surface area contributed by atoms with Crippen LogP contribution in [0, 0.1) is 12.3 Å². The second-order valence-electron chi connectivity index (χ2n) is 3.78. The minimum atomic E-state index is 0.876. The summed E-state index contributed by atoms with van der Waals surface area (Å²) in [5.74, 6) is 0.876. The summed E-state index contributed by atoms with van der Waals surface area (Å²) < 4.78 is 0. The number of allylic oxidation sites excluding steroid dienone is 2. The predicted molar refractivity (Wildman–Crippen MR) is 54.9 cm³/mol. The Morgan fingerprint density at radius 2 is 2.25 bits per heavy atom. The highest BCUT2D eigenvalue weighted by molar-refractivity contribution is 4.90. The molecule has 0 N–H and O–H groups in total. The molecule has 1 atom stereocenters. The molecule has 0 nitrogen and oxygen atoms in total. The maximum atomic E-state index is 2.52. The van der Waals surface area contributed by atoms with Gasteiger partial charge in [-0.1, -0.05) is 38.3 Å². The van der Waals surface area contributed by atoms with Gasteiger partial charge in [-0.05, 0) is 38.0 Å². The molecule has 1 aliphatic rings. The molecule has 0 heterocycles. The largest absolute Gasteiger partial charge is 0.0885 e. The van der Waals surface area contributed by atoms with Gasteiger partial charge in [-0.25, -0.2) is 0 Å². The van der Waals surface area contributed by atoms with E-state index in [2.05, 4.69) is 25.5 Å². The predicted octanol–water partition coefficient (Wildman–Crippen LogP) is 4.13. The zero-order chi connectivity index (χ0) is 8.65. The number of rotatable bonds is 3. The van der Waals surface area contributed by atoms with Crippen molar-refractivity contribution in [3.63, 3.8) is 0 Å². The standard InChI is InChI=1S/C12H21/c1-2-3-9-12-10-7-5-4-6-8-11-12/h5,7,9,12H,2-4,6,8,10-11H2,1H3/b7-5-. The van der Waals surface area contributed by atoms with Crippen molar-refractivity contribution in [3.8, 4) is 0 Å². The first-order valence-corrected chi connectivity index (χ1v) is 5.42. The summed E-state index contributed by atoms with van der Waals surface area (Å²) >= 11 is 0. The molecule has 0 saturated carbocycles. The van der Waals surface area contributed by atoms with Gasteiger partial charge in [-0.3, -0.25) is 0 Å². The van der Waals surface area contributed by atoms with Gasteiger partial charge in [0.25, 0.3) is 0 Å². The summed E-state index contributed by atoms with van der Waals surface area (Å²) in [4.78, 5) is 0. The van der Waals surface area contributed by atoms with Crippen LogP contribution >= 0.6 is 0 Å². The molecule has 0 saturated heterocycles. The molecule has 12 heavy (non-hydrogen) atoms. The first-order valence-electron chi connectivity index (χ1n) is 5.42. The third-order valence-electron chi connectivity index (χ3n) is 2.59. The topological polar surface area (TPSA) is 0 Å². The highest BCUT2D eigenvalue weighted by Gasteiger charge is 2.07. The normalized spacial score (nSPS) is 27.6. The molecule has 0 spiro atoms. The molecule has 0 aromatic heterocycles. The van der Waals surface area contributed by atoms with E-state index >= 15 is 0 Å². The fourth-order valence-electron chi connectivity index (χ4n) is 1.79. The summed E-state index contributed by atoms with van der Waals surface area (Å²) in [7, 11) is 0. The SMILES string of the molecule is CCC[CH]C1C/C=C\CCCC1. The van der Waals surface area contributed by atoms with Crippen LogP contribution in [0.5, 0.6) is 0 Å². The van der Waals surface area contributed by atoms with Gasteiger partial charge in [0, 0.05) is 0 Å². The minimum absolute atomic E-state index is 0.876. The molecule has 0 heteroatoms. The van der Waals surface area contributed by atoms with Gasteiger partial charge in [0.05, 0.1) is 0 Å². The van der Waals surface area contributed by atoms with E-state index in [-0.39, 0.29) is 0 Å². The first kappa shape index (κ1) is 9.83. The highest BCUT2D eigenvalue weighted by atomic mass is 14.1. The lowest BCUT2D eigenvalue weighted by atomic mass is 9.90. The fourth-order valence-corrected chi connectivity index (χ4v) is 1.79. The monoisotopic (exact) mass is 165 g/mol. The van der Waals surface area contributed by atoms with E-state index < -0.39 is 0 Å². The Labute approximate surface area is 77.1 Å². The molecule has 0 aromatic rings. The van der Waals surface area contributed by atoms with Crippen LogP contribution in [0.4, 0.5) is 0 Å². The molecular formula is C12H21. The summed E-state index contributed by atoms with van der Waals surface area (Å²) in [6.07, 6.45) is 16.7. The zero-order valence-corrected chi connectivity index (χ0v) is 8.26. The number of hydrogen-bond donors (Lipinski definition) is 0. The minimum Gasteiger partial charge on any atom is -0.0885 e. The van der Waals surface area contributed by atoms with Gasteiger partial charge >= 0.3 is 0 Å². The van der Waals surface area contributed by atoms with Gasteiger partial charge in [0.2, 0.25) is 0 Å². The highest BCUT2D eigenvalue weighted by Crippen LogP contribution is 2.22. The van der Waals surface area contributed by atoms with Gasteiger partial charge in [-0.15, -0.1) is 0 Å². The van der Waals surface area contributed by atoms with E-state index in [1.807, 2.05) is 0 Å². The van der Waals surface area contributed by atoms with E-state index in [9.17, 15) is 0 Å². The summed E-state index contributed by atoms with van der Waals surface area (Å²) in [5, 5.41) is 0. The van der Waals surface area contributed by atoms with E-state index in [0.29, 0.717) is 0 Å². The molecular weight excluding hydrogens is 144 g/mol. The van der Waals surface area contributed by atoms with Gasteiger partial charge in [-0.2, -0.15) is 0 Å². The smallest absolute Gasteiger partial charge is 0.0319 e. The maximum absolute atomic E-state index is 2.52. The second-order valence-corrected chi connectivity index (χ2v) is 3.78. The Hall–Kier alpha value is -0.260. The van der Waals surface area contributed by atoms with Crippen molar-refractivity contribution in [2.45, 2.75) is 51.9 Å². The van der Waals surface area contributed by atoms with Crippen LogP contribution in [0.2, 0.25) is 0 Å². The molecule has 0 amide bonds. The van der Waals surface area contributed by atoms with Crippen molar-refractivity contribution >= 4 is 0 Å². The van der Waals surface area contributed by atoms with Crippen molar-refractivity contribution in [1.29, 1.82) is 0 Å². The van der Waals surface area contributed by atoms with Crippen LogP contribution in [0.25, 0.3) is 0 Å². The molecule has 1 rings (SSSR count). The molecule has 1 radical (unpaired) electrons. The van der Waals surface area contributed by atoms with Crippen LogP contribution in [0.3, 0.4) is 0 Å². The Bertz CT molecular complexity index is 124. The van der Waals surface area contributed by atoms with Crippen LogP contribution in [0.15, 0.2) is 12.2 Å². The van der Waals surface area contributed by atoms with E-state index in [1.54, 1.807) is 0 Å². The lowest BCUT2D eigenvalue weighted by molar-refractivity contribution is 0.495. The lowest BCUT2D eigenvalue weighted by Crippen LogP contribution is -2.01. The Morgan fingerprint density at radius 1 is 1.33 bits per heavy atom. The molecule has 1 unspecified atom stereocenters. The van der Waals surface area contributed by atoms with Crippen molar-refractivity contribution in [2.24, 2.45) is 5.92 Å². The number of hydrogen-bond acceptors (Lipinski definition) is 0. The Kier molecular flexibility index (Phi) is 5.14. The zero-order valence-electron chi connectivity index (χ0n) is 8.26. The Balaban J connectivity index is 2.20. The molecule has 1 aliphatic carbocycles. The summed E-state index contributed by atoms with van der Waals surface area (Å²) in [6, 6.07) is 0. The van der Waals surface area contributed by atoms with Crippen molar-refractivity contribution in [1.82, 2.24) is 0 Å². The summed E-state index contributed by atoms with van der Waals surface area (Å²) in [6.45, 7) is 2.26. The quantitative estimate of drug-likeness (QED) is 0.552. The van der Waals surface area contributed by atoms with Crippen molar-refractivity contribution in [3.05, 3.63) is 18.6 Å². The van der Waals surface area contributed by atoms with Crippen LogP contribution in [0.1, 0.15) is 51.9 Å². The average Bonchev–Trinajstić information content (AvgIpc) is 2.02. The lowest BCUT2D eigenvalue weighted by Gasteiger charge is -2.15. The fraction of sp³-hybridized carbons (Fsp3) is 0.750. The molecule has 0 bridgehead atoms. The van der Waals surface area contributed by atoms with Crippen molar-refractivity contribution in [2.75, 3.05) is 0 Å². The average molecular weight is 165 g/mol. The van der Waals surface area contributed by atoms with Gasteiger partial charge in [0.15, 0.2) is 0 Å². The van der Waals surface area contributed by atoms with E-state index in [4.69, 9.17) is 0 Å². The maximum Gasteiger partial charge on any atom is -0.0319 e. The van der Waals surface area contributed by atoms with E-state index in [0.717, 1.165) is 5.92 Å². The third kappa shape index (κ3) is 3.94. The molecule has 69 valence electrons. The third-order valence-corrected chi connectivity index (χ3v) is 2.59.